The second kappa shape index (κ2) is 6.22. The number of nitrogens with one attached hydrogen (secondary N) is 1. The highest BCUT2D eigenvalue weighted by molar-refractivity contribution is 6.00. The molecule has 2 heterocycles. The first-order chi connectivity index (χ1) is 11.3. The lowest BCUT2D eigenvalue weighted by atomic mass is 9.83. The second-order valence-electron chi connectivity index (χ2n) is 6.71. The Hall–Kier alpha value is -2.04. The van der Waals surface area contributed by atoms with Gasteiger partial charge in [-0.1, -0.05) is 31.0 Å². The van der Waals surface area contributed by atoms with Crippen LogP contribution in [0.3, 0.4) is 0 Å². The first kappa shape index (κ1) is 14.5. The van der Waals surface area contributed by atoms with Crippen molar-refractivity contribution in [1.82, 2.24) is 10.2 Å². The van der Waals surface area contributed by atoms with Crippen molar-refractivity contribution in [3.8, 4) is 0 Å². The van der Waals surface area contributed by atoms with Gasteiger partial charge in [0.2, 0.25) is 11.9 Å². The Morgan fingerprint density at radius 3 is 2.43 bits per heavy atom. The molecule has 2 aliphatic heterocycles. The molecule has 3 aliphatic rings. The van der Waals surface area contributed by atoms with Crippen LogP contribution in [0.5, 0.6) is 0 Å². The molecule has 2 atom stereocenters. The van der Waals surface area contributed by atoms with E-state index in [0.717, 1.165) is 51.4 Å². The summed E-state index contributed by atoms with van der Waals surface area (Å²) in [7, 11) is 0. The Bertz CT molecular complexity index is 592. The molecule has 1 amide bonds. The molecule has 1 saturated carbocycles. The first-order valence-electron chi connectivity index (χ1n) is 8.75. The van der Waals surface area contributed by atoms with E-state index in [0.29, 0.717) is 0 Å². The van der Waals surface area contributed by atoms with Gasteiger partial charge in [0, 0.05) is 31.9 Å². The Kier molecular flexibility index (Phi) is 3.93. The molecule has 5 nitrogen and oxygen atoms in total. The van der Waals surface area contributed by atoms with Gasteiger partial charge in [-0.15, -0.1) is 0 Å². The van der Waals surface area contributed by atoms with Crippen LogP contribution in [-0.2, 0) is 4.79 Å². The third kappa shape index (κ3) is 2.92. The van der Waals surface area contributed by atoms with Crippen molar-refractivity contribution in [2.75, 3.05) is 31.1 Å². The normalized spacial score (nSPS) is 28.0. The van der Waals surface area contributed by atoms with E-state index in [-0.39, 0.29) is 17.9 Å². The van der Waals surface area contributed by atoms with E-state index in [1.807, 2.05) is 6.07 Å². The molecular formula is C18H24N4O. The van der Waals surface area contributed by atoms with Gasteiger partial charge in [-0.3, -0.25) is 10.1 Å². The third-order valence-electron chi connectivity index (χ3n) is 5.29. The van der Waals surface area contributed by atoms with Gasteiger partial charge in [0.15, 0.2) is 0 Å². The minimum Gasteiger partial charge on any atom is -0.368 e. The monoisotopic (exact) mass is 312 g/mol. The van der Waals surface area contributed by atoms with Crippen LogP contribution in [-0.4, -0.2) is 49.0 Å². The molecule has 23 heavy (non-hydrogen) atoms. The van der Waals surface area contributed by atoms with Crippen molar-refractivity contribution in [2.45, 2.75) is 31.7 Å². The van der Waals surface area contributed by atoms with Gasteiger partial charge < -0.3 is 9.80 Å². The zero-order valence-corrected chi connectivity index (χ0v) is 13.4. The van der Waals surface area contributed by atoms with E-state index in [4.69, 9.17) is 4.99 Å². The van der Waals surface area contributed by atoms with Crippen LogP contribution < -0.4 is 10.2 Å². The lowest BCUT2D eigenvalue weighted by molar-refractivity contribution is -0.125. The van der Waals surface area contributed by atoms with E-state index in [1.54, 1.807) is 0 Å². The minimum atomic E-state index is 0.109. The maximum absolute atomic E-state index is 12.3. The molecule has 1 saturated heterocycles. The van der Waals surface area contributed by atoms with Gasteiger partial charge in [0.05, 0.1) is 12.0 Å². The van der Waals surface area contributed by atoms with Crippen LogP contribution in [0.4, 0.5) is 5.69 Å². The fourth-order valence-electron chi connectivity index (χ4n) is 3.94. The number of benzene rings is 1. The molecule has 1 N–H and O–H groups in total. The molecule has 0 unspecified atom stereocenters. The van der Waals surface area contributed by atoms with Gasteiger partial charge in [0.1, 0.15) is 0 Å². The number of rotatable bonds is 1. The van der Waals surface area contributed by atoms with Gasteiger partial charge >= 0.3 is 0 Å². The van der Waals surface area contributed by atoms with E-state index >= 15 is 0 Å². The minimum absolute atomic E-state index is 0.109. The Morgan fingerprint density at radius 2 is 1.65 bits per heavy atom. The number of hydrogen-bond donors (Lipinski definition) is 1. The Balaban J connectivity index is 1.42. The molecular weight excluding hydrogens is 288 g/mol. The Morgan fingerprint density at radius 1 is 0.957 bits per heavy atom. The number of anilines is 1. The van der Waals surface area contributed by atoms with Crippen molar-refractivity contribution in [1.29, 1.82) is 0 Å². The highest BCUT2D eigenvalue weighted by Gasteiger charge is 2.36. The van der Waals surface area contributed by atoms with Crippen molar-refractivity contribution in [2.24, 2.45) is 10.9 Å². The van der Waals surface area contributed by atoms with Crippen LogP contribution in [0.25, 0.3) is 0 Å². The van der Waals surface area contributed by atoms with Crippen molar-refractivity contribution in [3.63, 3.8) is 0 Å². The average Bonchev–Trinajstić information content (AvgIpc) is 2.63. The van der Waals surface area contributed by atoms with Crippen LogP contribution in [0.1, 0.15) is 25.7 Å². The predicted molar refractivity (Wildman–Crippen MR) is 91.6 cm³/mol. The van der Waals surface area contributed by atoms with E-state index < -0.39 is 0 Å². The van der Waals surface area contributed by atoms with Crippen LogP contribution in [0.2, 0.25) is 0 Å². The topological polar surface area (TPSA) is 47.9 Å². The number of carbonyl (C=O) groups excluding carboxylic acids is 1. The zero-order valence-electron chi connectivity index (χ0n) is 13.4. The zero-order chi connectivity index (χ0) is 15.6. The summed E-state index contributed by atoms with van der Waals surface area (Å²) in [5.41, 5.74) is 1.27. The summed E-state index contributed by atoms with van der Waals surface area (Å²) < 4.78 is 0. The maximum Gasteiger partial charge on any atom is 0.231 e. The molecule has 0 bridgehead atoms. The number of fused-ring (bicyclic) bond motifs is 1. The summed E-state index contributed by atoms with van der Waals surface area (Å²) in [6.07, 6.45) is 4.42. The summed E-state index contributed by atoms with van der Waals surface area (Å²) in [6, 6.07) is 10.7. The Labute approximate surface area is 137 Å². The molecule has 0 aromatic heterocycles. The molecule has 1 aromatic rings. The largest absolute Gasteiger partial charge is 0.368 e. The fourth-order valence-corrected chi connectivity index (χ4v) is 3.94. The van der Waals surface area contributed by atoms with Crippen molar-refractivity contribution < 1.29 is 4.79 Å². The number of hydrogen-bond acceptors (Lipinski definition) is 4. The van der Waals surface area contributed by atoms with E-state index in [1.165, 1.54) is 12.1 Å². The lowest BCUT2D eigenvalue weighted by Crippen LogP contribution is -2.57. The first-order valence-corrected chi connectivity index (χ1v) is 8.75. The second-order valence-corrected chi connectivity index (χ2v) is 6.71. The number of aliphatic imine (C=N–C) groups is 1. The van der Waals surface area contributed by atoms with Crippen molar-refractivity contribution in [3.05, 3.63) is 30.3 Å². The number of piperazine rings is 1. The highest BCUT2D eigenvalue weighted by atomic mass is 16.2. The molecule has 1 aliphatic carbocycles. The molecule has 4 rings (SSSR count). The number of guanidine groups is 1. The molecule has 122 valence electrons. The lowest BCUT2D eigenvalue weighted by Gasteiger charge is -2.40. The summed E-state index contributed by atoms with van der Waals surface area (Å²) in [6.45, 7) is 3.75. The average molecular weight is 312 g/mol. The number of nitrogens with zero attached hydrogens (tertiary/aromatic N) is 3. The predicted octanol–water partition coefficient (Wildman–Crippen LogP) is 1.85. The molecule has 1 aromatic carbocycles. The standard InChI is InChI=1S/C18H24N4O/c23-17-15-8-4-5-9-16(15)19-18(20-17)22-12-10-21(11-13-22)14-6-2-1-3-7-14/h1-3,6-7,15-16H,4-5,8-13H2,(H,19,20,23)/t15-,16-/m1/s1. The number of carbonyl (C=O) groups is 1. The van der Waals surface area contributed by atoms with Gasteiger partial charge in [-0.2, -0.15) is 0 Å². The maximum atomic E-state index is 12.3. The van der Waals surface area contributed by atoms with Crippen molar-refractivity contribution >= 4 is 17.6 Å². The number of amides is 1. The van der Waals surface area contributed by atoms with Gasteiger partial charge in [-0.05, 0) is 25.0 Å². The summed E-state index contributed by atoms with van der Waals surface area (Å²) in [4.78, 5) is 21.8. The summed E-state index contributed by atoms with van der Waals surface area (Å²) >= 11 is 0. The van der Waals surface area contributed by atoms with Crippen LogP contribution in [0.15, 0.2) is 35.3 Å². The summed E-state index contributed by atoms with van der Waals surface area (Å²) in [5.74, 6) is 1.11. The highest BCUT2D eigenvalue weighted by Crippen LogP contribution is 2.29. The molecule has 0 radical (unpaired) electrons. The van der Waals surface area contributed by atoms with E-state index in [9.17, 15) is 4.79 Å². The van der Waals surface area contributed by atoms with Crippen LogP contribution in [0, 0.1) is 5.92 Å². The quantitative estimate of drug-likeness (QED) is 0.861. The smallest absolute Gasteiger partial charge is 0.231 e. The van der Waals surface area contributed by atoms with Gasteiger partial charge in [-0.25, -0.2) is 4.99 Å². The van der Waals surface area contributed by atoms with Crippen LogP contribution >= 0.6 is 0 Å². The molecule has 2 fully saturated rings. The van der Waals surface area contributed by atoms with E-state index in [2.05, 4.69) is 39.4 Å². The molecule has 5 heteroatoms. The number of para-hydroxylation sites is 1. The van der Waals surface area contributed by atoms with Gasteiger partial charge in [0.25, 0.3) is 0 Å². The summed E-state index contributed by atoms with van der Waals surface area (Å²) in [5, 5.41) is 3.06. The third-order valence-corrected chi connectivity index (χ3v) is 5.29. The fraction of sp³-hybridized carbons (Fsp3) is 0.556. The SMILES string of the molecule is O=C1NC(N2CCN(c3ccccc3)CC2)=N[C@@H]2CCCC[C@@H]12. The molecule has 0 spiro atoms.